The fraction of sp³-hybridized carbons (Fsp3) is 0.209. The lowest BCUT2D eigenvalue weighted by Gasteiger charge is -2.36. The van der Waals surface area contributed by atoms with Crippen LogP contribution in [0.25, 0.3) is 12.2 Å². The molecule has 0 atom stereocenters. The van der Waals surface area contributed by atoms with Gasteiger partial charge in [-0.2, -0.15) is 19.9 Å². The highest BCUT2D eigenvalue weighted by atomic mass is 16.5. The maximum absolute atomic E-state index is 6.47. The Morgan fingerprint density at radius 2 is 0.541 bits per heavy atom. The van der Waals surface area contributed by atoms with E-state index in [1.165, 1.54) is 51.4 Å². The van der Waals surface area contributed by atoms with Crippen molar-refractivity contribution in [3.63, 3.8) is 0 Å². The van der Waals surface area contributed by atoms with Crippen molar-refractivity contribution >= 4 is 35.4 Å². The first-order valence-corrected chi connectivity index (χ1v) is 34.6. The quantitative estimate of drug-likeness (QED) is 0.0226. The average molecular weight is 1290 g/mol. The number of anilines is 4. The molecule has 0 radical (unpaired) electrons. The molecule has 2 N–H and O–H groups in total. The van der Waals surface area contributed by atoms with Crippen LogP contribution in [-0.4, -0.2) is 43.1 Å². The summed E-state index contributed by atoms with van der Waals surface area (Å²) < 4.78 is 25.3. The van der Waals surface area contributed by atoms with Crippen LogP contribution in [-0.2, 0) is 10.8 Å². The van der Waals surface area contributed by atoms with E-state index in [9.17, 15) is 0 Å². The first-order valence-electron chi connectivity index (χ1n) is 34.6. The largest absolute Gasteiger partial charge is 0.463 e. The number of nitrogens with zero attached hydrogens (tertiary/aromatic N) is 6. The lowest BCUT2D eigenvalue weighted by Crippen LogP contribution is -2.30. The molecule has 0 saturated heterocycles. The molecular formula is C86H84N8O4. The molecule has 2 aromatic heterocycles. The summed E-state index contributed by atoms with van der Waals surface area (Å²) in [6.45, 7) is 5.42. The summed E-state index contributed by atoms with van der Waals surface area (Å²) in [4.78, 5) is 28.2. The molecule has 12 rings (SSSR count). The van der Waals surface area contributed by atoms with Gasteiger partial charge < -0.3 is 29.6 Å². The number of benzene rings is 10. The van der Waals surface area contributed by atoms with Gasteiger partial charge in [0.15, 0.2) is 0 Å². The molecule has 0 aliphatic carbocycles. The van der Waals surface area contributed by atoms with Crippen molar-refractivity contribution in [2.75, 3.05) is 23.8 Å². The molecule has 0 spiro atoms. The van der Waals surface area contributed by atoms with Gasteiger partial charge >= 0.3 is 24.0 Å². The number of hydrogen-bond acceptors (Lipinski definition) is 12. The maximum atomic E-state index is 6.47. The highest BCUT2D eigenvalue weighted by Gasteiger charge is 2.40. The van der Waals surface area contributed by atoms with Crippen molar-refractivity contribution in [3.05, 3.63) is 335 Å². The molecule has 12 aromatic rings. The van der Waals surface area contributed by atoms with Crippen LogP contribution in [0.5, 0.6) is 35.5 Å². The molecule has 12 heteroatoms. The van der Waals surface area contributed by atoms with Gasteiger partial charge in [0.05, 0.1) is 24.0 Å². The van der Waals surface area contributed by atoms with Crippen LogP contribution >= 0.6 is 0 Å². The van der Waals surface area contributed by atoms with Crippen molar-refractivity contribution in [2.45, 2.75) is 102 Å². The van der Waals surface area contributed by atoms with Gasteiger partial charge in [-0.1, -0.05) is 321 Å². The molecule has 0 fully saturated rings. The fourth-order valence-electron chi connectivity index (χ4n) is 12.8. The minimum Gasteiger partial charge on any atom is -0.463 e. The van der Waals surface area contributed by atoms with Crippen molar-refractivity contribution in [2.24, 2.45) is 0 Å². The Balaban J connectivity index is 0.733. The van der Waals surface area contributed by atoms with Gasteiger partial charge in [0.25, 0.3) is 0 Å². The number of aromatic nitrogens is 6. The van der Waals surface area contributed by atoms with E-state index < -0.39 is 10.8 Å². The second-order valence-electron chi connectivity index (χ2n) is 24.5. The SMILES string of the molecule is CCCCCCCCOc1nc(Nc2ccc(/C=C/c3ccc(Nc4nc(OCCCCCCCC)nc(Oc5ccc(C(c6ccccc6)(c6ccccc6)c6ccccc6)cc5)n4)cc3)cc2)nc(Oc2ccc(C(c3ccccc3)(c3ccccc3)c3ccccc3)cc2)n1. The van der Waals surface area contributed by atoms with Crippen molar-refractivity contribution < 1.29 is 18.9 Å². The van der Waals surface area contributed by atoms with E-state index in [2.05, 4.69) is 253 Å². The Morgan fingerprint density at radius 1 is 0.276 bits per heavy atom. The number of hydrogen-bond donors (Lipinski definition) is 2. The minimum atomic E-state index is -0.599. The summed E-state index contributed by atoms with van der Waals surface area (Å²) >= 11 is 0. The Kier molecular flexibility index (Phi) is 23.1. The van der Waals surface area contributed by atoms with Crippen molar-refractivity contribution in [1.29, 1.82) is 0 Å². The van der Waals surface area contributed by atoms with Gasteiger partial charge in [0, 0.05) is 11.4 Å². The summed E-state index contributed by atoms with van der Waals surface area (Å²) in [5, 5.41) is 6.77. The van der Waals surface area contributed by atoms with Crippen LogP contribution in [0.1, 0.15) is 147 Å². The molecule has 10 aromatic carbocycles. The van der Waals surface area contributed by atoms with Gasteiger partial charge in [0.2, 0.25) is 11.9 Å². The summed E-state index contributed by atoms with van der Waals surface area (Å²) in [5.74, 6) is 1.75. The average Bonchev–Trinajstić information content (AvgIpc) is 0.745. The lowest BCUT2D eigenvalue weighted by atomic mass is 9.65. The van der Waals surface area contributed by atoms with Crippen LogP contribution in [0.3, 0.4) is 0 Å². The lowest BCUT2D eigenvalue weighted by molar-refractivity contribution is 0.275. The maximum Gasteiger partial charge on any atom is 0.330 e. The fourth-order valence-corrected chi connectivity index (χ4v) is 12.8. The molecule has 0 saturated carbocycles. The predicted octanol–water partition coefficient (Wildman–Crippen LogP) is 21.5. The van der Waals surface area contributed by atoms with Crippen LogP contribution in [0, 0.1) is 0 Å². The number of unbranched alkanes of at least 4 members (excludes halogenated alkanes) is 10. The van der Waals surface area contributed by atoms with Crippen LogP contribution in [0.4, 0.5) is 23.3 Å². The molecule has 12 nitrogen and oxygen atoms in total. The van der Waals surface area contributed by atoms with E-state index in [1.807, 2.05) is 72.8 Å². The molecular weight excluding hydrogens is 1210 g/mol. The highest BCUT2D eigenvalue weighted by Crippen LogP contribution is 2.47. The third-order valence-corrected chi connectivity index (χ3v) is 17.7. The summed E-state index contributed by atoms with van der Waals surface area (Å²) in [7, 11) is 0. The van der Waals surface area contributed by atoms with Crippen LogP contribution in [0.2, 0.25) is 0 Å². The monoisotopic (exact) mass is 1290 g/mol. The molecule has 492 valence electrons. The molecule has 0 aliphatic heterocycles. The Labute approximate surface area is 577 Å². The van der Waals surface area contributed by atoms with E-state index in [1.54, 1.807) is 0 Å². The van der Waals surface area contributed by atoms with E-state index in [4.69, 9.17) is 38.9 Å². The van der Waals surface area contributed by atoms with Crippen LogP contribution < -0.4 is 29.6 Å². The Bertz CT molecular complexity index is 3900. The number of nitrogens with one attached hydrogen (secondary N) is 2. The molecule has 0 aliphatic rings. The molecule has 0 bridgehead atoms. The molecule has 0 amide bonds. The highest BCUT2D eigenvalue weighted by molar-refractivity contribution is 5.72. The Morgan fingerprint density at radius 3 is 0.837 bits per heavy atom. The van der Waals surface area contributed by atoms with Gasteiger partial charge in [-0.15, -0.1) is 9.97 Å². The molecule has 0 unspecified atom stereocenters. The zero-order valence-corrected chi connectivity index (χ0v) is 55.9. The minimum absolute atomic E-state index is 0.117. The van der Waals surface area contributed by atoms with Gasteiger partial charge in [-0.05, 0) is 117 Å². The first kappa shape index (κ1) is 66.8. The third kappa shape index (κ3) is 16.9. The summed E-state index contributed by atoms with van der Waals surface area (Å²) in [6, 6.07) is 97.1. The third-order valence-electron chi connectivity index (χ3n) is 17.7. The first-order chi connectivity index (χ1) is 48.5. The second-order valence-corrected chi connectivity index (χ2v) is 24.5. The standard InChI is InChI=1S/C86H84N8O4/c1-3-5-7-9-11-31-63-95-81-89-79(91-83(93-81)97-77-59-51-73(52-60-77)85(67-33-19-13-20-34-67,68-35-21-14-22-36-68)69-37-23-15-24-38-69)87-75-55-47-65(48-56-75)45-46-66-49-57-76(58-50-66)88-80-90-82(96-64-32-12-10-8-6-4-2)94-84(92-80)98-78-61-53-74(54-62-78)86(70-39-25-16-26-40-70,71-41-27-17-28-42-71)72-43-29-18-30-44-72/h13-30,33-62H,3-12,31-32,63-64H2,1-2H3,(H,87,89,91,93)(H,88,90,92,94)/b46-45+. The zero-order chi connectivity index (χ0) is 66.9. The normalized spacial score (nSPS) is 11.5. The van der Waals surface area contributed by atoms with E-state index >= 15 is 0 Å². The smallest absolute Gasteiger partial charge is 0.330 e. The molecule has 2 heterocycles. The number of rotatable bonds is 34. The summed E-state index contributed by atoms with van der Waals surface area (Å²) in [6.07, 6.45) is 17.7. The van der Waals surface area contributed by atoms with Gasteiger partial charge in [-0.3, -0.25) is 0 Å². The summed E-state index contributed by atoms with van der Waals surface area (Å²) in [5.41, 5.74) is 11.5. The van der Waals surface area contributed by atoms with Gasteiger partial charge in [0.1, 0.15) is 11.5 Å². The zero-order valence-electron chi connectivity index (χ0n) is 55.9. The number of ether oxygens (including phenoxy) is 4. The predicted molar refractivity (Wildman–Crippen MR) is 395 cm³/mol. The van der Waals surface area contributed by atoms with E-state index in [-0.39, 0.29) is 24.0 Å². The molecule has 98 heavy (non-hydrogen) atoms. The second kappa shape index (κ2) is 33.9. The van der Waals surface area contributed by atoms with E-state index in [0.717, 1.165) is 92.7 Å². The topological polar surface area (TPSA) is 138 Å². The van der Waals surface area contributed by atoms with Crippen molar-refractivity contribution in [1.82, 2.24) is 29.9 Å². The van der Waals surface area contributed by atoms with E-state index in [0.29, 0.717) is 36.6 Å². The van der Waals surface area contributed by atoms with Gasteiger partial charge in [-0.25, -0.2) is 0 Å². The van der Waals surface area contributed by atoms with Crippen LogP contribution in [0.15, 0.2) is 279 Å². The Hall–Kier alpha value is -11.2. The van der Waals surface area contributed by atoms with Crippen molar-refractivity contribution in [3.8, 4) is 35.5 Å².